The van der Waals surface area contributed by atoms with E-state index in [0.717, 1.165) is 0 Å². The number of aromatic nitrogens is 1. The van der Waals surface area contributed by atoms with Crippen molar-refractivity contribution in [3.8, 4) is 5.75 Å². The number of benzene rings is 2. The van der Waals surface area contributed by atoms with Crippen LogP contribution in [0.3, 0.4) is 0 Å². The van der Waals surface area contributed by atoms with Gasteiger partial charge in [-0.25, -0.2) is 13.2 Å². The maximum atomic E-state index is 14.2. The van der Waals surface area contributed by atoms with Gasteiger partial charge >= 0.3 is 0 Å². The molecule has 8 nitrogen and oxygen atoms in total. The summed E-state index contributed by atoms with van der Waals surface area (Å²) in [6, 6.07) is 9.12. The van der Waals surface area contributed by atoms with E-state index >= 15 is 0 Å². The summed E-state index contributed by atoms with van der Waals surface area (Å²) in [5.74, 6) is -5.35. The minimum absolute atomic E-state index is 0.0697. The van der Waals surface area contributed by atoms with E-state index in [-0.39, 0.29) is 30.8 Å². The van der Waals surface area contributed by atoms with Crippen molar-refractivity contribution >= 4 is 11.8 Å². The van der Waals surface area contributed by atoms with Crippen LogP contribution in [0, 0.1) is 17.5 Å². The molecule has 4 rings (SSSR count). The van der Waals surface area contributed by atoms with Crippen molar-refractivity contribution in [3.05, 3.63) is 124 Å². The third-order valence-corrected chi connectivity index (χ3v) is 6.83. The van der Waals surface area contributed by atoms with Gasteiger partial charge in [-0.3, -0.25) is 24.1 Å². The van der Waals surface area contributed by atoms with Crippen molar-refractivity contribution in [1.82, 2.24) is 14.9 Å². The third kappa shape index (κ3) is 5.88. The molecule has 1 aliphatic rings. The summed E-state index contributed by atoms with van der Waals surface area (Å²) in [6.07, 6.45) is 4.40. The first-order valence-corrected chi connectivity index (χ1v) is 12.8. The fourth-order valence-electron chi connectivity index (χ4n) is 4.32. The van der Waals surface area contributed by atoms with Crippen LogP contribution in [0.4, 0.5) is 13.2 Å². The highest BCUT2D eigenvalue weighted by atomic mass is 19.1. The predicted molar refractivity (Wildman–Crippen MR) is 148 cm³/mol. The van der Waals surface area contributed by atoms with Crippen LogP contribution in [0.1, 0.15) is 45.8 Å². The fraction of sp³-hybridized carbons (Fsp3) is 0.233. The van der Waals surface area contributed by atoms with Gasteiger partial charge in [0.1, 0.15) is 36.3 Å². The first kappa shape index (κ1) is 29.2. The number of rotatable bonds is 10. The molecule has 2 amide bonds. The smallest absolute Gasteiger partial charge is 0.278 e. The van der Waals surface area contributed by atoms with E-state index < -0.39 is 58.4 Å². The minimum Gasteiger partial charge on any atom is -0.482 e. The number of ether oxygens (including phenoxy) is 1. The van der Waals surface area contributed by atoms with Crippen LogP contribution >= 0.6 is 0 Å². The minimum atomic E-state index is -1.19. The number of nitrogens with one attached hydrogen (secondary N) is 1. The van der Waals surface area contributed by atoms with Gasteiger partial charge in [-0.05, 0) is 19.4 Å². The van der Waals surface area contributed by atoms with Gasteiger partial charge in [0.05, 0.1) is 6.04 Å². The maximum Gasteiger partial charge on any atom is 0.278 e. The molecule has 0 saturated heterocycles. The van der Waals surface area contributed by atoms with Gasteiger partial charge in [0.15, 0.2) is 11.4 Å². The van der Waals surface area contributed by atoms with Crippen LogP contribution in [0.2, 0.25) is 0 Å². The largest absolute Gasteiger partial charge is 0.482 e. The zero-order chi connectivity index (χ0) is 29.8. The highest BCUT2D eigenvalue weighted by molar-refractivity contribution is 5.99. The van der Waals surface area contributed by atoms with Gasteiger partial charge < -0.3 is 15.0 Å². The van der Waals surface area contributed by atoms with Gasteiger partial charge in [-0.15, -0.1) is 13.2 Å². The van der Waals surface area contributed by atoms with Gasteiger partial charge in [-0.2, -0.15) is 0 Å². The SMILES string of the molecule is C=CC(C)N1CN(C(C)C=C)n2cc(C(=O)NCc3c(F)cc(F)cc3F)c(=O)c(OCc3ccccc3)c2C1=O. The number of halogens is 3. The molecule has 3 aromatic rings. The molecule has 1 aliphatic heterocycles. The molecule has 0 saturated carbocycles. The molecule has 0 spiro atoms. The molecule has 11 heteroatoms. The Kier molecular flexibility index (Phi) is 8.65. The molecular formula is C30H29F3N4O4. The number of hydrogen-bond acceptors (Lipinski definition) is 5. The van der Waals surface area contributed by atoms with Crippen molar-refractivity contribution in [2.24, 2.45) is 0 Å². The monoisotopic (exact) mass is 566 g/mol. The number of carbonyl (C=O) groups is 2. The summed E-state index contributed by atoms with van der Waals surface area (Å²) in [4.78, 5) is 42.2. The van der Waals surface area contributed by atoms with E-state index in [9.17, 15) is 27.6 Å². The van der Waals surface area contributed by atoms with Gasteiger partial charge in [-0.1, -0.05) is 42.5 Å². The zero-order valence-electron chi connectivity index (χ0n) is 22.6. The molecule has 2 unspecified atom stereocenters. The lowest BCUT2D eigenvalue weighted by atomic mass is 10.1. The lowest BCUT2D eigenvalue weighted by Gasteiger charge is -2.44. The lowest BCUT2D eigenvalue weighted by Crippen LogP contribution is -2.59. The van der Waals surface area contributed by atoms with E-state index in [0.29, 0.717) is 17.7 Å². The number of carbonyl (C=O) groups excluding carboxylic acids is 2. The number of amides is 2. The molecular weight excluding hydrogens is 537 g/mol. The molecule has 0 radical (unpaired) electrons. The Bertz CT molecular complexity index is 1530. The number of fused-ring (bicyclic) bond motifs is 1. The Balaban J connectivity index is 1.82. The van der Waals surface area contributed by atoms with Crippen molar-refractivity contribution < 1.29 is 27.5 Å². The summed E-state index contributed by atoms with van der Waals surface area (Å²) in [6.45, 7) is 10.5. The van der Waals surface area contributed by atoms with E-state index in [1.54, 1.807) is 48.4 Å². The second kappa shape index (κ2) is 12.2. The first-order valence-electron chi connectivity index (χ1n) is 12.8. The predicted octanol–water partition coefficient (Wildman–Crippen LogP) is 4.27. The average Bonchev–Trinajstić information content (AvgIpc) is 2.95. The Morgan fingerprint density at radius 2 is 1.68 bits per heavy atom. The third-order valence-electron chi connectivity index (χ3n) is 6.83. The average molecular weight is 567 g/mol. The van der Waals surface area contributed by atoms with Crippen LogP contribution in [0.25, 0.3) is 0 Å². The second-order valence-corrected chi connectivity index (χ2v) is 9.51. The van der Waals surface area contributed by atoms with Crippen molar-refractivity contribution in [2.75, 3.05) is 11.7 Å². The van der Waals surface area contributed by atoms with Crippen LogP contribution < -0.4 is 20.5 Å². The van der Waals surface area contributed by atoms with Gasteiger partial charge in [0, 0.05) is 36.5 Å². The molecule has 0 bridgehead atoms. The summed E-state index contributed by atoms with van der Waals surface area (Å²) >= 11 is 0. The summed E-state index contributed by atoms with van der Waals surface area (Å²) in [5, 5.41) is 4.02. The normalized spacial score (nSPS) is 14.2. The second-order valence-electron chi connectivity index (χ2n) is 9.51. The highest BCUT2D eigenvalue weighted by Gasteiger charge is 2.37. The molecule has 214 valence electrons. The molecule has 2 heterocycles. The van der Waals surface area contributed by atoms with Crippen molar-refractivity contribution in [2.45, 2.75) is 39.1 Å². The zero-order valence-corrected chi connectivity index (χ0v) is 22.6. The number of hydrogen-bond donors (Lipinski definition) is 1. The van der Waals surface area contributed by atoms with E-state index in [4.69, 9.17) is 4.74 Å². The Morgan fingerprint density at radius 1 is 1.05 bits per heavy atom. The standard InChI is InChI=1S/C30H29F3N4O4/c1-5-18(3)35-17-37(19(4)6-2)36-15-23(29(39)34-14-22-24(32)12-21(31)13-25(22)33)27(38)28(26(36)30(35)40)41-16-20-10-8-7-9-11-20/h5-13,15,18-19H,1-2,14,16-17H2,3-4H3,(H,34,39). The molecule has 2 atom stereocenters. The lowest BCUT2D eigenvalue weighted by molar-refractivity contribution is 0.0641. The Labute approximate surface area is 234 Å². The number of nitrogens with zero attached hydrogens (tertiary/aromatic N) is 3. The molecule has 41 heavy (non-hydrogen) atoms. The quantitative estimate of drug-likeness (QED) is 0.371. The van der Waals surface area contributed by atoms with Gasteiger partial charge in [0.2, 0.25) is 5.43 Å². The van der Waals surface area contributed by atoms with Crippen LogP contribution in [0.5, 0.6) is 5.75 Å². The van der Waals surface area contributed by atoms with E-state index in [2.05, 4.69) is 18.5 Å². The topological polar surface area (TPSA) is 83.9 Å². The van der Waals surface area contributed by atoms with E-state index in [1.165, 1.54) is 15.8 Å². The molecule has 0 fully saturated rings. The summed E-state index contributed by atoms with van der Waals surface area (Å²) in [7, 11) is 0. The Morgan fingerprint density at radius 3 is 2.29 bits per heavy atom. The van der Waals surface area contributed by atoms with Crippen molar-refractivity contribution in [1.29, 1.82) is 0 Å². The summed E-state index contributed by atoms with van der Waals surface area (Å²) < 4.78 is 48.9. The fourth-order valence-corrected chi connectivity index (χ4v) is 4.32. The van der Waals surface area contributed by atoms with Crippen LogP contribution in [-0.2, 0) is 13.2 Å². The van der Waals surface area contributed by atoms with Gasteiger partial charge in [0.25, 0.3) is 11.8 Å². The molecule has 1 aromatic heterocycles. The Hall–Kier alpha value is -4.80. The van der Waals surface area contributed by atoms with Crippen LogP contribution in [-0.4, -0.2) is 40.1 Å². The number of pyridine rings is 1. The van der Waals surface area contributed by atoms with E-state index in [1.807, 2.05) is 13.0 Å². The first-order chi connectivity index (χ1) is 19.6. The molecule has 1 N–H and O–H groups in total. The summed E-state index contributed by atoms with van der Waals surface area (Å²) in [5.41, 5.74) is -1.30. The maximum absolute atomic E-state index is 14.2. The molecule has 0 aliphatic carbocycles. The van der Waals surface area contributed by atoms with Crippen molar-refractivity contribution in [3.63, 3.8) is 0 Å². The molecule has 2 aromatic carbocycles. The van der Waals surface area contributed by atoms with Crippen LogP contribution in [0.15, 0.2) is 78.8 Å². The highest BCUT2D eigenvalue weighted by Crippen LogP contribution is 2.26.